The number of hydrogen-bond donors (Lipinski definition) is 3. The van der Waals surface area contributed by atoms with Crippen molar-refractivity contribution in [3.8, 4) is 5.75 Å². The Kier molecular flexibility index (Phi) is 6.44. The fourth-order valence-corrected chi connectivity index (χ4v) is 3.59. The zero-order valence-corrected chi connectivity index (χ0v) is 16.3. The van der Waals surface area contributed by atoms with Gasteiger partial charge in [0.15, 0.2) is 6.61 Å². The van der Waals surface area contributed by atoms with E-state index in [0.29, 0.717) is 17.3 Å². The third-order valence-corrected chi connectivity index (χ3v) is 4.88. The van der Waals surface area contributed by atoms with Gasteiger partial charge in [-0.05, 0) is 43.2 Å². The van der Waals surface area contributed by atoms with E-state index in [1.54, 1.807) is 6.07 Å². The summed E-state index contributed by atoms with van der Waals surface area (Å²) >= 11 is 6.13. The van der Waals surface area contributed by atoms with Crippen LogP contribution < -0.4 is 9.64 Å². The van der Waals surface area contributed by atoms with Gasteiger partial charge < -0.3 is 24.8 Å². The zero-order valence-electron chi connectivity index (χ0n) is 15.6. The van der Waals surface area contributed by atoms with Crippen molar-refractivity contribution >= 4 is 34.2 Å². The van der Waals surface area contributed by atoms with Crippen LogP contribution in [0.15, 0.2) is 48.7 Å². The van der Waals surface area contributed by atoms with E-state index >= 15 is 0 Å². The summed E-state index contributed by atoms with van der Waals surface area (Å²) in [6.07, 6.45) is 2.65. The molecule has 3 aromatic rings. The van der Waals surface area contributed by atoms with E-state index in [1.165, 1.54) is 0 Å². The first-order valence-corrected chi connectivity index (χ1v) is 9.44. The summed E-state index contributed by atoms with van der Waals surface area (Å²) in [4.78, 5) is 16.1. The van der Waals surface area contributed by atoms with Crippen LogP contribution in [-0.4, -0.2) is 47.0 Å². The van der Waals surface area contributed by atoms with Crippen molar-refractivity contribution in [2.75, 3.05) is 24.7 Å². The van der Waals surface area contributed by atoms with Crippen molar-refractivity contribution in [2.24, 2.45) is 0 Å². The van der Waals surface area contributed by atoms with Crippen LogP contribution in [0.4, 0.5) is 5.69 Å². The third-order valence-electron chi connectivity index (χ3n) is 4.64. The van der Waals surface area contributed by atoms with Crippen LogP contribution >= 0.6 is 11.6 Å². The number of aliphatic carboxylic acids is 1. The first-order chi connectivity index (χ1) is 13.5. The quantitative estimate of drug-likeness (QED) is 0.508. The zero-order chi connectivity index (χ0) is 20.1. The number of fused-ring (bicyclic) bond motifs is 1. The molecule has 1 heterocycles. The van der Waals surface area contributed by atoms with Crippen LogP contribution in [0, 0.1) is 0 Å². The molecule has 0 bridgehead atoms. The fourth-order valence-electron chi connectivity index (χ4n) is 3.41. The molecule has 1 aromatic heterocycles. The smallest absolute Gasteiger partial charge is 0.341 e. The molecule has 6 nitrogen and oxygen atoms in total. The number of carboxylic acids is 1. The number of aliphatic hydroxyl groups is 1. The molecule has 1 unspecified atom stereocenters. The SMILES string of the molecule is CC(Cc1c[nH]c2c(OCC(=O)O)cccc12)N(CCO)c1cccc(Cl)c1. The fraction of sp³-hybridized carbons (Fsp3) is 0.286. The summed E-state index contributed by atoms with van der Waals surface area (Å²) in [5, 5.41) is 20.0. The average Bonchev–Trinajstić information content (AvgIpc) is 3.07. The molecule has 0 fully saturated rings. The van der Waals surface area contributed by atoms with E-state index in [4.69, 9.17) is 21.4 Å². The molecule has 1 atom stereocenters. The van der Waals surface area contributed by atoms with Crippen LogP contribution in [0.1, 0.15) is 12.5 Å². The highest BCUT2D eigenvalue weighted by atomic mass is 35.5. The Morgan fingerprint density at radius 2 is 2.07 bits per heavy atom. The number of nitrogens with one attached hydrogen (secondary N) is 1. The van der Waals surface area contributed by atoms with Gasteiger partial charge in [-0.3, -0.25) is 0 Å². The van der Waals surface area contributed by atoms with Crippen molar-refractivity contribution in [3.05, 3.63) is 59.2 Å². The number of carbonyl (C=O) groups is 1. The van der Waals surface area contributed by atoms with E-state index in [-0.39, 0.29) is 19.3 Å². The number of aromatic amines is 1. The highest BCUT2D eigenvalue weighted by Gasteiger charge is 2.18. The van der Waals surface area contributed by atoms with Gasteiger partial charge in [0.25, 0.3) is 0 Å². The van der Waals surface area contributed by atoms with Crippen molar-refractivity contribution in [2.45, 2.75) is 19.4 Å². The van der Waals surface area contributed by atoms with E-state index in [2.05, 4.69) is 16.8 Å². The molecule has 7 heteroatoms. The monoisotopic (exact) mass is 402 g/mol. The largest absolute Gasteiger partial charge is 0.480 e. The van der Waals surface area contributed by atoms with E-state index in [0.717, 1.165) is 28.6 Å². The van der Waals surface area contributed by atoms with E-state index in [9.17, 15) is 9.90 Å². The number of halogens is 1. The minimum atomic E-state index is -1.02. The van der Waals surface area contributed by atoms with Gasteiger partial charge in [-0.1, -0.05) is 29.8 Å². The van der Waals surface area contributed by atoms with Crippen molar-refractivity contribution in [3.63, 3.8) is 0 Å². The summed E-state index contributed by atoms with van der Waals surface area (Å²) < 4.78 is 5.38. The van der Waals surface area contributed by atoms with Gasteiger partial charge in [-0.2, -0.15) is 0 Å². The van der Waals surface area contributed by atoms with Crippen LogP contribution in [0.3, 0.4) is 0 Å². The minimum Gasteiger partial charge on any atom is -0.480 e. The first kappa shape index (κ1) is 20.0. The number of benzene rings is 2. The summed E-state index contributed by atoms with van der Waals surface area (Å²) in [7, 11) is 0. The van der Waals surface area contributed by atoms with Gasteiger partial charge >= 0.3 is 5.97 Å². The second kappa shape index (κ2) is 8.99. The highest BCUT2D eigenvalue weighted by molar-refractivity contribution is 6.30. The molecule has 0 radical (unpaired) electrons. The minimum absolute atomic E-state index is 0.0396. The molecule has 3 N–H and O–H groups in total. The van der Waals surface area contributed by atoms with Gasteiger partial charge in [0.1, 0.15) is 5.75 Å². The molecule has 0 aliphatic rings. The molecule has 0 saturated carbocycles. The summed E-state index contributed by atoms with van der Waals surface area (Å²) in [6.45, 7) is 2.25. The predicted octanol–water partition coefficient (Wildman–Crippen LogP) is 3.71. The maximum atomic E-state index is 10.8. The number of rotatable bonds is 9. The van der Waals surface area contributed by atoms with Crippen LogP contribution in [0.25, 0.3) is 10.9 Å². The number of nitrogens with zero attached hydrogens (tertiary/aromatic N) is 1. The maximum absolute atomic E-state index is 10.8. The topological polar surface area (TPSA) is 85.8 Å². The Morgan fingerprint density at radius 1 is 1.29 bits per heavy atom. The number of para-hydroxylation sites is 1. The number of aliphatic hydroxyl groups excluding tert-OH is 1. The Labute approximate surface area is 168 Å². The lowest BCUT2D eigenvalue weighted by atomic mass is 10.0. The Morgan fingerprint density at radius 3 is 2.79 bits per heavy atom. The molecular formula is C21H23ClN2O4. The Bertz CT molecular complexity index is 956. The molecule has 0 aliphatic carbocycles. The maximum Gasteiger partial charge on any atom is 0.341 e. The van der Waals surface area contributed by atoms with E-state index in [1.807, 2.05) is 42.6 Å². The second-order valence-electron chi connectivity index (χ2n) is 6.63. The molecular weight excluding hydrogens is 380 g/mol. The number of aromatic nitrogens is 1. The molecule has 148 valence electrons. The van der Waals surface area contributed by atoms with Crippen molar-refractivity contribution < 1.29 is 19.7 Å². The Hall–Kier alpha value is -2.70. The lowest BCUT2D eigenvalue weighted by Gasteiger charge is -2.31. The number of carboxylic acid groups (broad SMARTS) is 1. The highest BCUT2D eigenvalue weighted by Crippen LogP contribution is 2.29. The first-order valence-electron chi connectivity index (χ1n) is 9.06. The van der Waals surface area contributed by atoms with Crippen molar-refractivity contribution in [1.82, 2.24) is 4.98 Å². The molecule has 2 aromatic carbocycles. The molecule has 0 saturated heterocycles. The number of ether oxygens (including phenoxy) is 1. The normalized spacial score (nSPS) is 12.1. The number of anilines is 1. The summed E-state index contributed by atoms with van der Waals surface area (Å²) in [6, 6.07) is 13.3. The van der Waals surface area contributed by atoms with E-state index < -0.39 is 5.97 Å². The molecule has 28 heavy (non-hydrogen) atoms. The number of hydrogen-bond acceptors (Lipinski definition) is 4. The molecule has 0 aliphatic heterocycles. The Balaban J connectivity index is 1.84. The third kappa shape index (κ3) is 4.58. The molecule has 0 spiro atoms. The molecule has 3 rings (SSSR count). The average molecular weight is 403 g/mol. The summed E-state index contributed by atoms with van der Waals surface area (Å²) in [5.74, 6) is -0.501. The standard InChI is InChI=1S/C21H23ClN2O4/c1-14(24(8-9-25)17-5-2-4-16(22)11-17)10-15-12-23-21-18(15)6-3-7-19(21)28-13-20(26)27/h2-7,11-12,14,23,25H,8-10,13H2,1H3,(H,26,27). The van der Waals surface area contributed by atoms with Crippen LogP contribution in [0.2, 0.25) is 5.02 Å². The van der Waals surface area contributed by atoms with Crippen LogP contribution in [0.5, 0.6) is 5.75 Å². The lowest BCUT2D eigenvalue weighted by molar-refractivity contribution is -0.139. The molecule has 0 amide bonds. The van der Waals surface area contributed by atoms with Crippen LogP contribution in [-0.2, 0) is 11.2 Å². The van der Waals surface area contributed by atoms with Gasteiger partial charge in [0, 0.05) is 34.9 Å². The van der Waals surface area contributed by atoms with Gasteiger partial charge in [-0.25, -0.2) is 4.79 Å². The van der Waals surface area contributed by atoms with Crippen molar-refractivity contribution in [1.29, 1.82) is 0 Å². The van der Waals surface area contributed by atoms with Gasteiger partial charge in [0.2, 0.25) is 0 Å². The number of H-pyrrole nitrogens is 1. The lowest BCUT2D eigenvalue weighted by Crippen LogP contribution is -2.37. The second-order valence-corrected chi connectivity index (χ2v) is 7.06. The predicted molar refractivity (Wildman–Crippen MR) is 110 cm³/mol. The van der Waals surface area contributed by atoms with Gasteiger partial charge in [-0.15, -0.1) is 0 Å². The summed E-state index contributed by atoms with van der Waals surface area (Å²) in [5.41, 5.74) is 2.83. The van der Waals surface area contributed by atoms with Gasteiger partial charge in [0.05, 0.1) is 12.1 Å².